The molecule has 11 rings (SSSR count). The van der Waals surface area contributed by atoms with E-state index in [1.807, 2.05) is 60.7 Å². The molecular formula is C50H32N4. The number of nitrogens with two attached hydrogens (primary N) is 1. The monoisotopic (exact) mass is 688 g/mol. The fraction of sp³-hybridized carbons (Fsp3) is 0.0200. The van der Waals surface area contributed by atoms with Crippen molar-refractivity contribution in [3.8, 4) is 67.5 Å². The maximum absolute atomic E-state index is 6.49. The average Bonchev–Trinajstić information content (AvgIpc) is 3.70. The zero-order valence-electron chi connectivity index (χ0n) is 29.2. The predicted molar refractivity (Wildman–Crippen MR) is 220 cm³/mol. The number of fused-ring (bicyclic) bond motifs is 11. The predicted octanol–water partition coefficient (Wildman–Crippen LogP) is 11.6. The van der Waals surface area contributed by atoms with Crippen LogP contribution in [0.2, 0.25) is 0 Å². The van der Waals surface area contributed by atoms with Crippen LogP contribution in [-0.4, -0.2) is 15.0 Å². The van der Waals surface area contributed by atoms with Crippen molar-refractivity contribution in [2.45, 2.75) is 5.41 Å². The number of nitrogens with zero attached hydrogens (tertiary/aromatic N) is 3. The summed E-state index contributed by atoms with van der Waals surface area (Å²) in [4.78, 5) is 14.8. The molecule has 8 aromatic carbocycles. The second-order valence-electron chi connectivity index (χ2n) is 14.2. The van der Waals surface area contributed by atoms with Crippen LogP contribution in [0, 0.1) is 0 Å². The van der Waals surface area contributed by atoms with Gasteiger partial charge in [-0.15, -0.1) is 0 Å². The Kier molecular flexibility index (Phi) is 6.58. The lowest BCUT2D eigenvalue weighted by molar-refractivity contribution is 0.794. The second kappa shape index (κ2) is 11.7. The molecule has 0 amide bonds. The first kappa shape index (κ1) is 30.5. The third-order valence-electron chi connectivity index (χ3n) is 11.2. The van der Waals surface area contributed by atoms with E-state index in [-0.39, 0.29) is 5.41 Å². The fourth-order valence-electron chi connectivity index (χ4n) is 8.85. The van der Waals surface area contributed by atoms with Gasteiger partial charge in [-0.3, -0.25) is 0 Å². The third-order valence-corrected chi connectivity index (χ3v) is 11.2. The third kappa shape index (κ3) is 4.47. The van der Waals surface area contributed by atoms with Crippen LogP contribution < -0.4 is 5.73 Å². The van der Waals surface area contributed by atoms with Crippen LogP contribution in [0.1, 0.15) is 22.3 Å². The molecule has 0 saturated heterocycles. The Balaban J connectivity index is 1.02. The van der Waals surface area contributed by atoms with Crippen molar-refractivity contribution in [2.24, 2.45) is 0 Å². The highest BCUT2D eigenvalue weighted by atomic mass is 15.0. The summed E-state index contributed by atoms with van der Waals surface area (Å²) < 4.78 is 0. The van der Waals surface area contributed by atoms with Crippen molar-refractivity contribution in [3.63, 3.8) is 0 Å². The molecule has 0 fully saturated rings. The molecule has 4 nitrogen and oxygen atoms in total. The Labute approximate surface area is 313 Å². The van der Waals surface area contributed by atoms with Gasteiger partial charge in [-0.05, 0) is 96.7 Å². The topological polar surface area (TPSA) is 64.7 Å². The molecule has 0 aliphatic heterocycles. The van der Waals surface area contributed by atoms with Gasteiger partial charge in [-0.25, -0.2) is 15.0 Å². The minimum absolute atomic E-state index is 0.389. The molecule has 0 atom stereocenters. The van der Waals surface area contributed by atoms with E-state index in [0.29, 0.717) is 17.5 Å². The highest BCUT2D eigenvalue weighted by Crippen LogP contribution is 2.63. The van der Waals surface area contributed by atoms with Gasteiger partial charge in [0.05, 0.1) is 5.41 Å². The van der Waals surface area contributed by atoms with Gasteiger partial charge in [0.1, 0.15) is 0 Å². The number of anilines is 1. The van der Waals surface area contributed by atoms with Crippen molar-refractivity contribution in [3.05, 3.63) is 204 Å². The molecule has 1 aromatic heterocycles. The van der Waals surface area contributed by atoms with Gasteiger partial charge in [-0.1, -0.05) is 152 Å². The molecule has 2 N–H and O–H groups in total. The van der Waals surface area contributed by atoms with Gasteiger partial charge in [-0.2, -0.15) is 0 Å². The van der Waals surface area contributed by atoms with Crippen molar-refractivity contribution in [1.82, 2.24) is 15.0 Å². The Bertz CT molecular complexity index is 2850. The molecule has 2 aliphatic rings. The van der Waals surface area contributed by atoms with Crippen molar-refractivity contribution in [1.29, 1.82) is 0 Å². The molecular weight excluding hydrogens is 657 g/mol. The van der Waals surface area contributed by atoms with Crippen molar-refractivity contribution >= 4 is 16.5 Å². The van der Waals surface area contributed by atoms with Gasteiger partial charge >= 0.3 is 0 Å². The van der Waals surface area contributed by atoms with Gasteiger partial charge < -0.3 is 5.73 Å². The average molecular weight is 689 g/mol. The summed E-state index contributed by atoms with van der Waals surface area (Å²) in [5.74, 6) is 1.96. The standard InChI is InChI=1S/C50H32N4/c51-38-24-26-46-42(30-38)41-29-36(23-25-45(41)50(46)43-17-9-7-15-39(43)40-16-8-10-18-44(40)50)34-19-20-35-28-37(22-21-33(35)27-34)49-53-47(31-11-3-1-4-12-31)52-48(54-49)32-13-5-2-6-14-32/h1-30H,51H2. The van der Waals surface area contributed by atoms with Crippen molar-refractivity contribution < 1.29 is 0 Å². The number of hydrogen-bond acceptors (Lipinski definition) is 4. The molecule has 9 aromatic rings. The van der Waals surface area contributed by atoms with E-state index < -0.39 is 0 Å². The molecule has 1 spiro atoms. The second-order valence-corrected chi connectivity index (χ2v) is 14.2. The first-order valence-corrected chi connectivity index (χ1v) is 18.3. The number of nitrogen functional groups attached to an aromatic ring is 1. The number of benzene rings is 8. The van der Waals surface area contributed by atoms with Gasteiger partial charge in [0.15, 0.2) is 17.5 Å². The highest BCUT2D eigenvalue weighted by Gasteiger charge is 2.51. The lowest BCUT2D eigenvalue weighted by atomic mass is 9.70. The Morgan fingerprint density at radius 3 is 1.35 bits per heavy atom. The summed E-state index contributed by atoms with van der Waals surface area (Å²) in [6.45, 7) is 0. The summed E-state index contributed by atoms with van der Waals surface area (Å²) in [7, 11) is 0. The Morgan fingerprint density at radius 2 is 0.741 bits per heavy atom. The zero-order chi connectivity index (χ0) is 35.8. The van der Waals surface area contributed by atoms with Crippen LogP contribution in [0.5, 0.6) is 0 Å². The molecule has 1 heterocycles. The van der Waals surface area contributed by atoms with E-state index >= 15 is 0 Å². The lowest BCUT2D eigenvalue weighted by Crippen LogP contribution is -2.25. The van der Waals surface area contributed by atoms with Gasteiger partial charge in [0.25, 0.3) is 0 Å². The summed E-state index contributed by atoms with van der Waals surface area (Å²) in [6, 6.07) is 64.6. The minimum atomic E-state index is -0.389. The van der Waals surface area contributed by atoms with Crippen LogP contribution in [0.25, 0.3) is 78.3 Å². The van der Waals surface area contributed by atoms with Crippen LogP contribution in [0.3, 0.4) is 0 Å². The largest absolute Gasteiger partial charge is 0.399 e. The van der Waals surface area contributed by atoms with Crippen LogP contribution in [0.4, 0.5) is 5.69 Å². The smallest absolute Gasteiger partial charge is 0.164 e. The zero-order valence-corrected chi connectivity index (χ0v) is 29.2. The van der Waals surface area contributed by atoms with E-state index in [4.69, 9.17) is 20.7 Å². The molecule has 0 saturated carbocycles. The summed E-state index contributed by atoms with van der Waals surface area (Å²) >= 11 is 0. The Hall–Kier alpha value is -7.17. The molecule has 4 heteroatoms. The number of hydrogen-bond donors (Lipinski definition) is 1. The summed E-state index contributed by atoms with van der Waals surface area (Å²) in [5, 5.41) is 2.27. The Morgan fingerprint density at radius 1 is 0.315 bits per heavy atom. The summed E-state index contributed by atoms with van der Waals surface area (Å²) in [6.07, 6.45) is 0. The SMILES string of the molecule is Nc1ccc2c(c1)-c1cc(-c3ccc4cc(-c5nc(-c6ccccc6)nc(-c6ccccc6)n5)ccc4c3)ccc1C21c2ccccc2-c2ccccc21. The highest BCUT2D eigenvalue weighted by molar-refractivity contribution is 5.97. The quantitative estimate of drug-likeness (QED) is 0.187. The van der Waals surface area contributed by atoms with Gasteiger partial charge in [0, 0.05) is 22.4 Å². The number of aromatic nitrogens is 3. The lowest BCUT2D eigenvalue weighted by Gasteiger charge is -2.30. The van der Waals surface area contributed by atoms with E-state index in [1.165, 1.54) is 50.1 Å². The van der Waals surface area contributed by atoms with E-state index in [2.05, 4.69) is 121 Å². The minimum Gasteiger partial charge on any atom is -0.399 e. The first-order chi connectivity index (χ1) is 26.6. The molecule has 54 heavy (non-hydrogen) atoms. The molecule has 2 aliphatic carbocycles. The van der Waals surface area contributed by atoms with Gasteiger partial charge in [0.2, 0.25) is 0 Å². The number of rotatable bonds is 4. The maximum Gasteiger partial charge on any atom is 0.164 e. The van der Waals surface area contributed by atoms with Crippen LogP contribution in [-0.2, 0) is 5.41 Å². The first-order valence-electron chi connectivity index (χ1n) is 18.3. The molecule has 0 radical (unpaired) electrons. The summed E-state index contributed by atoms with van der Waals surface area (Å²) in [5.41, 5.74) is 22.3. The van der Waals surface area contributed by atoms with Crippen molar-refractivity contribution in [2.75, 3.05) is 5.73 Å². The molecule has 0 unspecified atom stereocenters. The maximum atomic E-state index is 6.49. The van der Waals surface area contributed by atoms with E-state index in [1.54, 1.807) is 0 Å². The molecule has 0 bridgehead atoms. The van der Waals surface area contributed by atoms with E-state index in [0.717, 1.165) is 38.7 Å². The van der Waals surface area contributed by atoms with E-state index in [9.17, 15) is 0 Å². The van der Waals surface area contributed by atoms with Crippen LogP contribution in [0.15, 0.2) is 182 Å². The molecule has 252 valence electrons. The fourth-order valence-corrected chi connectivity index (χ4v) is 8.85. The normalized spacial score (nSPS) is 13.0. The van der Waals surface area contributed by atoms with Crippen LogP contribution >= 0.6 is 0 Å².